The van der Waals surface area contributed by atoms with Gasteiger partial charge in [0, 0.05) is 21.6 Å². The lowest BCUT2D eigenvalue weighted by molar-refractivity contribution is -0.134. The normalized spacial score (nSPS) is 19.8. The van der Waals surface area contributed by atoms with Gasteiger partial charge < -0.3 is 10.1 Å². The Morgan fingerprint density at radius 2 is 1.71 bits per heavy atom. The Morgan fingerprint density at radius 1 is 1.06 bits per heavy atom. The lowest BCUT2D eigenvalue weighted by Gasteiger charge is -2.27. The van der Waals surface area contributed by atoms with E-state index in [0.717, 1.165) is 11.4 Å². The molecule has 1 amide bonds. The lowest BCUT2D eigenvalue weighted by atomic mass is 9.83. The number of amides is 1. The second-order valence-electron chi connectivity index (χ2n) is 9.12. The Hall–Kier alpha value is -1.42. The first-order valence-corrected chi connectivity index (χ1v) is 12.0. The van der Waals surface area contributed by atoms with Crippen LogP contribution in [0.25, 0.3) is 0 Å². The van der Waals surface area contributed by atoms with Gasteiger partial charge in [-0.25, -0.2) is 0 Å². The Kier molecular flexibility index (Phi) is 8.18. The molecule has 0 spiro atoms. The highest BCUT2D eigenvalue weighted by Crippen LogP contribution is 2.43. The van der Waals surface area contributed by atoms with Crippen LogP contribution < -0.4 is 10.1 Å². The zero-order chi connectivity index (χ0) is 22.6. The molecule has 1 aliphatic rings. The van der Waals surface area contributed by atoms with Crippen LogP contribution >= 0.6 is 34.8 Å². The molecule has 0 radical (unpaired) electrons. The van der Waals surface area contributed by atoms with E-state index in [1.165, 1.54) is 24.8 Å². The zero-order valence-corrected chi connectivity index (χ0v) is 20.5. The van der Waals surface area contributed by atoms with E-state index in [1.807, 2.05) is 12.1 Å². The van der Waals surface area contributed by atoms with Crippen molar-refractivity contribution in [2.45, 2.75) is 58.0 Å². The fourth-order valence-corrected chi connectivity index (χ4v) is 5.11. The summed E-state index contributed by atoms with van der Waals surface area (Å²) >= 11 is 18.1. The number of rotatable bonds is 8. The van der Waals surface area contributed by atoms with Crippen molar-refractivity contribution in [3.8, 4) is 5.75 Å². The number of carbonyl (C=O) groups is 1. The van der Waals surface area contributed by atoms with Crippen molar-refractivity contribution in [2.75, 3.05) is 6.54 Å². The van der Waals surface area contributed by atoms with E-state index in [4.69, 9.17) is 39.5 Å². The van der Waals surface area contributed by atoms with Crippen molar-refractivity contribution in [3.63, 3.8) is 0 Å². The van der Waals surface area contributed by atoms with Gasteiger partial charge in [0.15, 0.2) is 5.60 Å². The fraction of sp³-hybridized carbons (Fsp3) is 0.480. The van der Waals surface area contributed by atoms with Crippen LogP contribution in [0.4, 0.5) is 0 Å². The van der Waals surface area contributed by atoms with Gasteiger partial charge in [-0.3, -0.25) is 4.79 Å². The molecule has 3 unspecified atom stereocenters. The second-order valence-corrected chi connectivity index (χ2v) is 10.4. The molecule has 168 valence electrons. The van der Waals surface area contributed by atoms with Gasteiger partial charge in [0.25, 0.3) is 5.91 Å². The predicted octanol–water partition coefficient (Wildman–Crippen LogP) is 7.53. The van der Waals surface area contributed by atoms with Crippen molar-refractivity contribution < 1.29 is 9.53 Å². The molecule has 0 aromatic heterocycles. The molecule has 3 atom stereocenters. The minimum absolute atomic E-state index is 0.156. The highest BCUT2D eigenvalue weighted by atomic mass is 35.5. The zero-order valence-electron chi connectivity index (χ0n) is 18.3. The number of benzene rings is 2. The van der Waals surface area contributed by atoms with Crippen molar-refractivity contribution in [2.24, 2.45) is 11.8 Å². The molecule has 0 bridgehead atoms. The molecule has 1 saturated carbocycles. The molecule has 0 aliphatic heterocycles. The Morgan fingerprint density at radius 3 is 2.35 bits per heavy atom. The summed E-state index contributed by atoms with van der Waals surface area (Å²) in [6.07, 6.45) is 4.78. The predicted molar refractivity (Wildman–Crippen MR) is 129 cm³/mol. The van der Waals surface area contributed by atoms with Crippen LogP contribution in [-0.2, 0) is 4.79 Å². The third-order valence-corrected chi connectivity index (χ3v) is 6.72. The summed E-state index contributed by atoms with van der Waals surface area (Å²) in [6, 6.07) is 13.2. The molecular formula is C25H30Cl3NO2. The number of carbonyl (C=O) groups excluding carboxylic acids is 1. The van der Waals surface area contributed by atoms with Crippen LogP contribution in [0.5, 0.6) is 5.75 Å². The van der Waals surface area contributed by atoms with Gasteiger partial charge >= 0.3 is 0 Å². The molecule has 3 rings (SSSR count). The molecule has 6 heteroatoms. The van der Waals surface area contributed by atoms with E-state index in [2.05, 4.69) is 24.4 Å². The van der Waals surface area contributed by atoms with Crippen LogP contribution in [0, 0.1) is 11.8 Å². The molecule has 2 aromatic rings. The van der Waals surface area contributed by atoms with Gasteiger partial charge in [0.05, 0.1) is 0 Å². The lowest BCUT2D eigenvalue weighted by Crippen LogP contribution is -2.47. The third kappa shape index (κ3) is 6.78. The van der Waals surface area contributed by atoms with Crippen LogP contribution in [0.2, 0.25) is 15.1 Å². The van der Waals surface area contributed by atoms with Crippen LogP contribution in [0.1, 0.15) is 57.9 Å². The van der Waals surface area contributed by atoms with Gasteiger partial charge in [-0.05, 0) is 86.8 Å². The fourth-order valence-electron chi connectivity index (χ4n) is 4.48. The molecule has 0 heterocycles. The standard InChI is InChI=1S/C25H30Cl3NO2/c1-16(11-18-5-4-6-23(18)17-7-9-19(26)10-8-17)15-29-24(30)25(2,3)31-22-13-20(27)12-21(28)14-22/h7-10,12-14,16,18,23H,4-6,11,15H2,1-3H3,(H,29,30). The number of halogens is 3. The van der Waals surface area contributed by atoms with Crippen molar-refractivity contribution in [1.82, 2.24) is 5.32 Å². The number of hydrogen-bond donors (Lipinski definition) is 1. The Bertz CT molecular complexity index is 878. The molecule has 1 aliphatic carbocycles. The van der Waals surface area contributed by atoms with E-state index in [-0.39, 0.29) is 5.91 Å². The highest BCUT2D eigenvalue weighted by molar-refractivity contribution is 6.34. The van der Waals surface area contributed by atoms with Gasteiger partial charge in [0.1, 0.15) is 5.75 Å². The summed E-state index contributed by atoms with van der Waals surface area (Å²) in [5, 5.41) is 4.78. The summed E-state index contributed by atoms with van der Waals surface area (Å²) < 4.78 is 5.88. The summed E-state index contributed by atoms with van der Waals surface area (Å²) in [7, 11) is 0. The van der Waals surface area contributed by atoms with Crippen LogP contribution in [-0.4, -0.2) is 18.1 Å². The summed E-state index contributed by atoms with van der Waals surface area (Å²) in [4.78, 5) is 12.8. The molecule has 0 saturated heterocycles. The average Bonchev–Trinajstić information content (AvgIpc) is 3.13. The monoisotopic (exact) mass is 481 g/mol. The molecule has 31 heavy (non-hydrogen) atoms. The second kappa shape index (κ2) is 10.5. The van der Waals surface area contributed by atoms with E-state index >= 15 is 0 Å². The first-order chi connectivity index (χ1) is 14.6. The number of ether oxygens (including phenoxy) is 1. The van der Waals surface area contributed by atoms with Crippen molar-refractivity contribution in [1.29, 1.82) is 0 Å². The maximum absolute atomic E-state index is 12.8. The van der Waals surface area contributed by atoms with E-state index in [9.17, 15) is 4.79 Å². The van der Waals surface area contributed by atoms with Gasteiger partial charge in [-0.2, -0.15) is 0 Å². The quantitative estimate of drug-likeness (QED) is 0.422. The Balaban J connectivity index is 1.52. The van der Waals surface area contributed by atoms with Crippen molar-refractivity contribution >= 4 is 40.7 Å². The van der Waals surface area contributed by atoms with Gasteiger partial charge in [-0.1, -0.05) is 60.3 Å². The molecule has 3 nitrogen and oxygen atoms in total. The first kappa shape index (κ1) is 24.2. The van der Waals surface area contributed by atoms with E-state index in [1.54, 1.807) is 32.0 Å². The SMILES string of the molecule is CC(CNC(=O)C(C)(C)Oc1cc(Cl)cc(Cl)c1)CC1CCCC1c1ccc(Cl)cc1. The van der Waals surface area contributed by atoms with E-state index in [0.29, 0.717) is 40.1 Å². The smallest absolute Gasteiger partial charge is 0.263 e. The summed E-state index contributed by atoms with van der Waals surface area (Å²) in [5.41, 5.74) is 0.338. The minimum atomic E-state index is -1.03. The average molecular weight is 483 g/mol. The highest BCUT2D eigenvalue weighted by Gasteiger charge is 2.32. The molecule has 1 fully saturated rings. The minimum Gasteiger partial charge on any atom is -0.478 e. The molecular weight excluding hydrogens is 453 g/mol. The van der Waals surface area contributed by atoms with Gasteiger partial charge in [-0.15, -0.1) is 0 Å². The van der Waals surface area contributed by atoms with Crippen molar-refractivity contribution in [3.05, 3.63) is 63.1 Å². The molecule has 1 N–H and O–H groups in total. The number of hydrogen-bond acceptors (Lipinski definition) is 2. The maximum atomic E-state index is 12.8. The Labute approximate surface area is 200 Å². The van der Waals surface area contributed by atoms with Gasteiger partial charge in [0.2, 0.25) is 0 Å². The van der Waals surface area contributed by atoms with Crippen LogP contribution in [0.15, 0.2) is 42.5 Å². The largest absolute Gasteiger partial charge is 0.478 e. The number of nitrogens with one attached hydrogen (secondary N) is 1. The van der Waals surface area contributed by atoms with Crippen LogP contribution in [0.3, 0.4) is 0 Å². The summed E-state index contributed by atoms with van der Waals surface area (Å²) in [6.45, 7) is 6.30. The topological polar surface area (TPSA) is 38.3 Å². The molecule has 2 aromatic carbocycles. The third-order valence-electron chi connectivity index (χ3n) is 6.03. The van der Waals surface area contributed by atoms with E-state index < -0.39 is 5.60 Å². The summed E-state index contributed by atoms with van der Waals surface area (Å²) in [5.74, 6) is 1.89. The maximum Gasteiger partial charge on any atom is 0.263 e. The first-order valence-electron chi connectivity index (χ1n) is 10.8.